The van der Waals surface area contributed by atoms with Crippen molar-refractivity contribution in [2.45, 2.75) is 38.5 Å². The zero-order valence-electron chi connectivity index (χ0n) is 11.3. The third kappa shape index (κ3) is 6.83. The van der Waals surface area contributed by atoms with Crippen LogP contribution in [0.15, 0.2) is 0 Å². The van der Waals surface area contributed by atoms with Gasteiger partial charge in [0, 0.05) is 31.8 Å². The Morgan fingerprint density at radius 3 is 2.55 bits per heavy atom. The van der Waals surface area contributed by atoms with Crippen molar-refractivity contribution in [1.29, 1.82) is 0 Å². The first-order chi connectivity index (χ1) is 9.28. The number of amides is 1. The summed E-state index contributed by atoms with van der Waals surface area (Å²) in [6, 6.07) is 0. The summed E-state index contributed by atoms with van der Waals surface area (Å²) < 4.78 is 33.6. The molecule has 0 aromatic rings. The monoisotopic (exact) mass is 309 g/mol. The third-order valence-corrected chi connectivity index (χ3v) is 4.17. The Hall–Kier alpha value is -1.18. The van der Waals surface area contributed by atoms with E-state index in [4.69, 9.17) is 5.11 Å². The van der Waals surface area contributed by atoms with Gasteiger partial charge < -0.3 is 10.0 Å². The molecular formula is C12H20FNO5S. The number of nitrogens with zero attached hydrogens (tertiary/aromatic N) is 1. The summed E-state index contributed by atoms with van der Waals surface area (Å²) in [6.07, 6.45) is 3.22. The molecule has 1 heterocycles. The van der Waals surface area contributed by atoms with Crippen molar-refractivity contribution >= 4 is 22.1 Å². The fourth-order valence-corrected chi connectivity index (χ4v) is 3.18. The summed E-state index contributed by atoms with van der Waals surface area (Å²) in [6.45, 7) is 0.811. The van der Waals surface area contributed by atoms with Crippen LogP contribution >= 0.6 is 0 Å². The van der Waals surface area contributed by atoms with E-state index in [9.17, 15) is 21.9 Å². The lowest BCUT2D eigenvalue weighted by Crippen LogP contribution is -2.27. The molecule has 1 N–H and O–H groups in total. The zero-order chi connectivity index (χ0) is 15.2. The number of likely N-dealkylation sites (tertiary alicyclic amines) is 1. The molecule has 0 aromatic carbocycles. The minimum atomic E-state index is -4.53. The Morgan fingerprint density at radius 1 is 1.30 bits per heavy atom. The second-order valence-electron chi connectivity index (χ2n) is 5.17. The van der Waals surface area contributed by atoms with Crippen LogP contribution in [0.2, 0.25) is 0 Å². The normalized spacial score (nSPS) is 19.6. The van der Waals surface area contributed by atoms with Gasteiger partial charge in [-0.1, -0.05) is 12.8 Å². The van der Waals surface area contributed by atoms with Gasteiger partial charge in [0.15, 0.2) is 0 Å². The molecule has 0 aliphatic carbocycles. The second-order valence-corrected chi connectivity index (χ2v) is 6.58. The first-order valence-corrected chi connectivity index (χ1v) is 8.25. The highest BCUT2D eigenvalue weighted by molar-refractivity contribution is 7.86. The lowest BCUT2D eigenvalue weighted by atomic mass is 10.1. The quantitative estimate of drug-likeness (QED) is 0.510. The van der Waals surface area contributed by atoms with Gasteiger partial charge in [-0.2, -0.15) is 8.42 Å². The van der Waals surface area contributed by atoms with Crippen molar-refractivity contribution in [1.82, 2.24) is 4.90 Å². The molecule has 116 valence electrons. The van der Waals surface area contributed by atoms with Crippen LogP contribution in [0.4, 0.5) is 3.89 Å². The smallest absolute Gasteiger partial charge is 0.303 e. The maximum atomic E-state index is 12.5. The first kappa shape index (κ1) is 16.9. The van der Waals surface area contributed by atoms with Gasteiger partial charge in [-0.25, -0.2) is 0 Å². The highest BCUT2D eigenvalue weighted by Gasteiger charge is 2.32. The molecule has 1 fully saturated rings. The maximum Gasteiger partial charge on any atom is 0.303 e. The average molecular weight is 309 g/mol. The predicted molar refractivity (Wildman–Crippen MR) is 70.3 cm³/mol. The summed E-state index contributed by atoms with van der Waals surface area (Å²) in [5.41, 5.74) is 0. The van der Waals surface area contributed by atoms with E-state index in [1.807, 2.05) is 0 Å². The fourth-order valence-electron chi connectivity index (χ4n) is 2.40. The van der Waals surface area contributed by atoms with Crippen LogP contribution < -0.4 is 0 Å². The minimum absolute atomic E-state index is 0.0855. The molecule has 20 heavy (non-hydrogen) atoms. The lowest BCUT2D eigenvalue weighted by molar-refractivity contribution is -0.137. The van der Waals surface area contributed by atoms with Crippen molar-refractivity contribution < 1.29 is 27.0 Å². The van der Waals surface area contributed by atoms with E-state index < -0.39 is 27.9 Å². The van der Waals surface area contributed by atoms with E-state index in [2.05, 4.69) is 0 Å². The molecule has 0 bridgehead atoms. The van der Waals surface area contributed by atoms with Crippen LogP contribution in [0.5, 0.6) is 0 Å². The molecule has 1 aliphatic rings. The minimum Gasteiger partial charge on any atom is -0.481 e. The number of aliphatic carboxylic acids is 1. The molecule has 1 saturated heterocycles. The summed E-state index contributed by atoms with van der Waals surface area (Å²) in [5, 5.41) is 8.47. The largest absolute Gasteiger partial charge is 0.481 e. The van der Waals surface area contributed by atoms with Gasteiger partial charge in [0.25, 0.3) is 0 Å². The van der Waals surface area contributed by atoms with Gasteiger partial charge in [-0.3, -0.25) is 9.59 Å². The Bertz CT molecular complexity index is 451. The number of hydrogen-bond donors (Lipinski definition) is 1. The van der Waals surface area contributed by atoms with E-state index in [-0.39, 0.29) is 25.3 Å². The number of rotatable bonds is 9. The van der Waals surface area contributed by atoms with E-state index in [0.29, 0.717) is 13.0 Å². The molecule has 1 rings (SSSR count). The van der Waals surface area contributed by atoms with Gasteiger partial charge in [0.05, 0.1) is 5.75 Å². The van der Waals surface area contributed by atoms with E-state index >= 15 is 0 Å². The SMILES string of the molecule is O=C(O)CCCCCCN1CC(CS(=O)(=O)F)CC1=O. The number of carboxylic acids is 1. The number of unbranched alkanes of at least 4 members (excludes halogenated alkanes) is 3. The Morgan fingerprint density at radius 2 is 1.95 bits per heavy atom. The van der Waals surface area contributed by atoms with Crippen molar-refractivity contribution in [3.8, 4) is 0 Å². The molecule has 8 heteroatoms. The predicted octanol–water partition coefficient (Wildman–Crippen LogP) is 1.17. The first-order valence-electron chi connectivity index (χ1n) is 6.70. The van der Waals surface area contributed by atoms with Gasteiger partial charge in [0.1, 0.15) is 0 Å². The number of hydrogen-bond acceptors (Lipinski definition) is 4. The fraction of sp³-hybridized carbons (Fsp3) is 0.833. The van der Waals surface area contributed by atoms with E-state index in [0.717, 1.165) is 19.3 Å². The van der Waals surface area contributed by atoms with Gasteiger partial charge in [-0.05, 0) is 12.8 Å². The molecule has 0 saturated carbocycles. The highest BCUT2D eigenvalue weighted by atomic mass is 32.3. The Balaban J connectivity index is 2.18. The molecule has 0 aromatic heterocycles. The van der Waals surface area contributed by atoms with Gasteiger partial charge in [0.2, 0.25) is 5.91 Å². The van der Waals surface area contributed by atoms with Crippen LogP contribution in [-0.4, -0.2) is 49.1 Å². The van der Waals surface area contributed by atoms with Crippen LogP contribution in [0.25, 0.3) is 0 Å². The van der Waals surface area contributed by atoms with Crippen molar-refractivity contribution in [2.24, 2.45) is 5.92 Å². The van der Waals surface area contributed by atoms with Crippen molar-refractivity contribution in [3.63, 3.8) is 0 Å². The molecule has 1 aliphatic heterocycles. The standard InChI is InChI=1S/C12H20FNO5S/c13-20(18,19)9-10-7-11(15)14(8-10)6-4-2-1-3-5-12(16)17/h10H,1-9H2,(H,16,17). The molecule has 0 spiro atoms. The topological polar surface area (TPSA) is 91.8 Å². The van der Waals surface area contributed by atoms with Gasteiger partial charge in [-0.15, -0.1) is 3.89 Å². The highest BCUT2D eigenvalue weighted by Crippen LogP contribution is 2.20. The zero-order valence-corrected chi connectivity index (χ0v) is 12.1. The molecular weight excluding hydrogens is 289 g/mol. The Labute approximate surface area is 118 Å². The molecule has 1 atom stereocenters. The lowest BCUT2D eigenvalue weighted by Gasteiger charge is -2.16. The second kappa shape index (κ2) is 7.56. The van der Waals surface area contributed by atoms with Crippen molar-refractivity contribution in [3.05, 3.63) is 0 Å². The average Bonchev–Trinajstić information content (AvgIpc) is 2.61. The van der Waals surface area contributed by atoms with Crippen LogP contribution in [0, 0.1) is 5.92 Å². The summed E-state index contributed by atoms with van der Waals surface area (Å²) in [4.78, 5) is 23.5. The Kier molecular flexibility index (Phi) is 6.38. The van der Waals surface area contributed by atoms with Gasteiger partial charge >= 0.3 is 16.2 Å². The summed E-state index contributed by atoms with van der Waals surface area (Å²) in [7, 11) is -4.53. The molecule has 1 amide bonds. The molecule has 1 unspecified atom stereocenters. The van der Waals surface area contributed by atoms with Crippen LogP contribution in [0.1, 0.15) is 38.5 Å². The number of carbonyl (C=O) groups excluding carboxylic acids is 1. The number of halogens is 1. The van der Waals surface area contributed by atoms with E-state index in [1.165, 1.54) is 0 Å². The number of carboxylic acid groups (broad SMARTS) is 1. The molecule has 0 radical (unpaired) electrons. The summed E-state index contributed by atoms with van der Waals surface area (Å²) >= 11 is 0. The summed E-state index contributed by atoms with van der Waals surface area (Å²) in [5.74, 6) is -1.99. The maximum absolute atomic E-state index is 12.5. The molecule has 6 nitrogen and oxygen atoms in total. The number of carbonyl (C=O) groups is 2. The van der Waals surface area contributed by atoms with Crippen LogP contribution in [-0.2, 0) is 19.8 Å². The third-order valence-electron chi connectivity index (χ3n) is 3.30. The van der Waals surface area contributed by atoms with E-state index in [1.54, 1.807) is 4.90 Å². The van der Waals surface area contributed by atoms with Crippen molar-refractivity contribution in [2.75, 3.05) is 18.8 Å². The van der Waals surface area contributed by atoms with Crippen LogP contribution in [0.3, 0.4) is 0 Å².